The van der Waals surface area contributed by atoms with E-state index in [1.807, 2.05) is 0 Å². The van der Waals surface area contributed by atoms with E-state index in [0.29, 0.717) is 0 Å². The van der Waals surface area contributed by atoms with Crippen LogP contribution in [0.3, 0.4) is 0 Å². The van der Waals surface area contributed by atoms with Gasteiger partial charge in [0, 0.05) is 19.1 Å². The Labute approximate surface area is 69.8 Å². The van der Waals surface area contributed by atoms with Crippen molar-refractivity contribution in [2.75, 3.05) is 13.1 Å². The van der Waals surface area contributed by atoms with Crippen molar-refractivity contribution >= 4 is 0 Å². The van der Waals surface area contributed by atoms with Gasteiger partial charge in [-0.05, 0) is 31.1 Å². The molecule has 2 aliphatic heterocycles. The zero-order valence-corrected chi connectivity index (χ0v) is 7.71. The summed E-state index contributed by atoms with van der Waals surface area (Å²) in [7, 11) is 0. The summed E-state index contributed by atoms with van der Waals surface area (Å²) in [4.78, 5) is 2.71. The molecule has 0 radical (unpaired) electrons. The molecule has 0 aromatic rings. The molecule has 0 spiro atoms. The maximum Gasteiger partial charge on any atom is 0.00986 e. The lowest BCUT2D eigenvalue weighted by Gasteiger charge is -2.33. The van der Waals surface area contributed by atoms with Crippen molar-refractivity contribution in [3.63, 3.8) is 0 Å². The fraction of sp³-hybridized carbons (Fsp3) is 1.00. The third kappa shape index (κ3) is 1.44. The third-order valence-corrected chi connectivity index (χ3v) is 3.28. The summed E-state index contributed by atoms with van der Waals surface area (Å²) in [6, 6.07) is 0.959. The molecule has 2 aliphatic rings. The van der Waals surface area contributed by atoms with Crippen molar-refractivity contribution in [2.24, 2.45) is 11.8 Å². The van der Waals surface area contributed by atoms with Gasteiger partial charge >= 0.3 is 0 Å². The summed E-state index contributed by atoms with van der Waals surface area (Å²) < 4.78 is 0. The summed E-state index contributed by atoms with van der Waals surface area (Å²) in [5, 5.41) is 0. The molecule has 0 N–H and O–H groups in total. The van der Waals surface area contributed by atoms with E-state index in [1.54, 1.807) is 0 Å². The molecule has 2 fully saturated rings. The first-order valence-electron chi connectivity index (χ1n) is 4.99. The fourth-order valence-electron chi connectivity index (χ4n) is 2.73. The van der Waals surface area contributed by atoms with Gasteiger partial charge in [0.2, 0.25) is 0 Å². The molecule has 64 valence electrons. The standard InChI is InChI=1S/C10H19N/c1-8-3-4-10-5-9(2)7-11(10)6-8/h8-10H,3-7H2,1-2H3. The molecule has 0 aromatic heterocycles. The maximum absolute atomic E-state index is 2.71. The molecule has 1 heteroatoms. The van der Waals surface area contributed by atoms with Gasteiger partial charge in [0.05, 0.1) is 0 Å². The smallest absolute Gasteiger partial charge is 0.00986 e. The van der Waals surface area contributed by atoms with Gasteiger partial charge < -0.3 is 0 Å². The van der Waals surface area contributed by atoms with Gasteiger partial charge in [-0.25, -0.2) is 0 Å². The minimum Gasteiger partial charge on any atom is -0.300 e. The van der Waals surface area contributed by atoms with Gasteiger partial charge in [-0.1, -0.05) is 13.8 Å². The van der Waals surface area contributed by atoms with Gasteiger partial charge in [0.15, 0.2) is 0 Å². The normalized spacial score (nSPS) is 45.8. The van der Waals surface area contributed by atoms with E-state index in [1.165, 1.54) is 32.4 Å². The van der Waals surface area contributed by atoms with Crippen molar-refractivity contribution < 1.29 is 0 Å². The second kappa shape index (κ2) is 2.78. The van der Waals surface area contributed by atoms with Gasteiger partial charge in [-0.3, -0.25) is 4.90 Å². The lowest BCUT2D eigenvalue weighted by Crippen LogP contribution is -2.38. The summed E-state index contributed by atoms with van der Waals surface area (Å²) in [6.07, 6.45) is 4.39. The number of hydrogen-bond donors (Lipinski definition) is 0. The minimum absolute atomic E-state index is 0.955. The van der Waals surface area contributed by atoms with E-state index in [2.05, 4.69) is 18.7 Å². The summed E-state index contributed by atoms with van der Waals surface area (Å²) >= 11 is 0. The predicted octanol–water partition coefficient (Wildman–Crippen LogP) is 2.13. The van der Waals surface area contributed by atoms with Crippen LogP contribution in [0.15, 0.2) is 0 Å². The summed E-state index contributed by atoms with van der Waals surface area (Å²) in [5.41, 5.74) is 0. The van der Waals surface area contributed by atoms with Crippen molar-refractivity contribution in [3.05, 3.63) is 0 Å². The average Bonchev–Trinajstić information content (AvgIpc) is 2.27. The quantitative estimate of drug-likeness (QED) is 0.515. The Morgan fingerprint density at radius 3 is 2.55 bits per heavy atom. The fourth-order valence-corrected chi connectivity index (χ4v) is 2.73. The van der Waals surface area contributed by atoms with Crippen LogP contribution in [0.2, 0.25) is 0 Å². The molecule has 1 nitrogen and oxygen atoms in total. The van der Waals surface area contributed by atoms with Crippen LogP contribution in [0, 0.1) is 11.8 Å². The Morgan fingerprint density at radius 1 is 1.00 bits per heavy atom. The van der Waals surface area contributed by atoms with E-state index in [0.717, 1.165) is 17.9 Å². The van der Waals surface area contributed by atoms with Crippen molar-refractivity contribution in [1.29, 1.82) is 0 Å². The highest BCUT2D eigenvalue weighted by Gasteiger charge is 2.33. The van der Waals surface area contributed by atoms with E-state index in [-0.39, 0.29) is 0 Å². The molecule has 3 unspecified atom stereocenters. The van der Waals surface area contributed by atoms with Crippen LogP contribution >= 0.6 is 0 Å². The molecule has 2 heterocycles. The molecular formula is C10H19N. The molecule has 0 saturated carbocycles. The molecule has 0 bridgehead atoms. The van der Waals surface area contributed by atoms with Crippen LogP contribution in [-0.4, -0.2) is 24.0 Å². The highest BCUT2D eigenvalue weighted by atomic mass is 15.2. The predicted molar refractivity (Wildman–Crippen MR) is 47.5 cm³/mol. The molecule has 0 aromatic carbocycles. The van der Waals surface area contributed by atoms with Gasteiger partial charge in [-0.2, -0.15) is 0 Å². The van der Waals surface area contributed by atoms with Crippen LogP contribution < -0.4 is 0 Å². The molecular weight excluding hydrogens is 134 g/mol. The van der Waals surface area contributed by atoms with Crippen LogP contribution in [-0.2, 0) is 0 Å². The number of piperidine rings is 1. The van der Waals surface area contributed by atoms with Crippen LogP contribution in [0.4, 0.5) is 0 Å². The number of fused-ring (bicyclic) bond motifs is 1. The number of hydrogen-bond acceptors (Lipinski definition) is 1. The Kier molecular flexibility index (Phi) is 1.92. The Hall–Kier alpha value is -0.0400. The molecule has 0 aliphatic carbocycles. The highest BCUT2D eigenvalue weighted by molar-refractivity contribution is 4.87. The molecule has 11 heavy (non-hydrogen) atoms. The number of nitrogens with zero attached hydrogens (tertiary/aromatic N) is 1. The van der Waals surface area contributed by atoms with E-state index < -0.39 is 0 Å². The Balaban J connectivity index is 1.97. The van der Waals surface area contributed by atoms with Crippen LogP contribution in [0.25, 0.3) is 0 Å². The topological polar surface area (TPSA) is 3.24 Å². The van der Waals surface area contributed by atoms with Gasteiger partial charge in [0.25, 0.3) is 0 Å². The van der Waals surface area contributed by atoms with Gasteiger partial charge in [-0.15, -0.1) is 0 Å². The average molecular weight is 153 g/mol. The Morgan fingerprint density at radius 2 is 1.73 bits per heavy atom. The maximum atomic E-state index is 2.71. The second-order valence-corrected chi connectivity index (χ2v) is 4.63. The molecule has 3 atom stereocenters. The van der Waals surface area contributed by atoms with Crippen molar-refractivity contribution in [3.8, 4) is 0 Å². The third-order valence-electron chi connectivity index (χ3n) is 3.28. The first kappa shape index (κ1) is 7.60. The van der Waals surface area contributed by atoms with Crippen molar-refractivity contribution in [1.82, 2.24) is 4.90 Å². The molecule has 2 rings (SSSR count). The highest BCUT2D eigenvalue weighted by Crippen LogP contribution is 2.31. The zero-order chi connectivity index (χ0) is 7.84. The van der Waals surface area contributed by atoms with Gasteiger partial charge in [0.1, 0.15) is 0 Å². The zero-order valence-electron chi connectivity index (χ0n) is 7.71. The first-order chi connectivity index (χ1) is 5.25. The summed E-state index contributed by atoms with van der Waals surface area (Å²) in [6.45, 7) is 7.52. The lowest BCUT2D eigenvalue weighted by atomic mass is 9.94. The van der Waals surface area contributed by atoms with Crippen molar-refractivity contribution in [2.45, 2.75) is 39.2 Å². The molecule has 2 saturated heterocycles. The van der Waals surface area contributed by atoms with E-state index in [9.17, 15) is 0 Å². The minimum atomic E-state index is 0.955. The largest absolute Gasteiger partial charge is 0.300 e. The van der Waals surface area contributed by atoms with Crippen LogP contribution in [0.1, 0.15) is 33.1 Å². The summed E-state index contributed by atoms with van der Waals surface area (Å²) in [5.74, 6) is 1.92. The number of rotatable bonds is 0. The van der Waals surface area contributed by atoms with Crippen LogP contribution in [0.5, 0.6) is 0 Å². The second-order valence-electron chi connectivity index (χ2n) is 4.63. The SMILES string of the molecule is CC1CCC2CC(C)CN2C1. The first-order valence-corrected chi connectivity index (χ1v) is 4.99. The molecule has 0 amide bonds. The van der Waals surface area contributed by atoms with E-state index >= 15 is 0 Å². The lowest BCUT2D eigenvalue weighted by molar-refractivity contribution is 0.155. The van der Waals surface area contributed by atoms with E-state index in [4.69, 9.17) is 0 Å². The monoisotopic (exact) mass is 153 g/mol. The Bertz CT molecular complexity index is 144.